The van der Waals surface area contributed by atoms with Crippen LogP contribution in [0.3, 0.4) is 0 Å². The first kappa shape index (κ1) is 21.8. The van der Waals surface area contributed by atoms with Crippen LogP contribution in [0.15, 0.2) is 10.2 Å². The molecule has 25 heavy (non-hydrogen) atoms. The standard InChI is InChI=1S/C11H17O.3C4H9.Sn/c1-2-9-10-6-4-3-5-8(10)7-11(9)12;3*1-3-4-2;/h1-2,8-12H,3-7H2;3*1,3-4H2,2H3;/t8-,9-,10+,11-;;;;/m0..../s1. The summed E-state index contributed by atoms with van der Waals surface area (Å²) in [5.41, 5.74) is 0. The fourth-order valence-corrected chi connectivity index (χ4v) is 20.0. The first-order valence-corrected chi connectivity index (χ1v) is 19.2. The van der Waals surface area contributed by atoms with Crippen molar-refractivity contribution in [3.8, 4) is 0 Å². The van der Waals surface area contributed by atoms with E-state index in [2.05, 4.69) is 30.9 Å². The molecule has 0 radical (unpaired) electrons. The zero-order valence-corrected chi connectivity index (χ0v) is 20.2. The Morgan fingerprint density at radius 3 is 2.00 bits per heavy atom. The molecule has 0 aromatic carbocycles. The molecule has 0 unspecified atom stereocenters. The summed E-state index contributed by atoms with van der Waals surface area (Å²) in [4.78, 5) is 0. The molecule has 1 N–H and O–H groups in total. The van der Waals surface area contributed by atoms with Crippen LogP contribution in [0.4, 0.5) is 0 Å². The number of hydrogen-bond donors (Lipinski definition) is 1. The summed E-state index contributed by atoms with van der Waals surface area (Å²) < 4.78 is 7.48. The van der Waals surface area contributed by atoms with E-state index in [0.29, 0.717) is 5.92 Å². The Morgan fingerprint density at radius 2 is 1.44 bits per heavy atom. The minimum absolute atomic E-state index is 0.0446. The molecule has 2 saturated carbocycles. The van der Waals surface area contributed by atoms with E-state index in [4.69, 9.17) is 0 Å². The van der Waals surface area contributed by atoms with Crippen molar-refractivity contribution >= 4 is 18.4 Å². The van der Waals surface area contributed by atoms with Crippen molar-refractivity contribution < 1.29 is 5.11 Å². The molecule has 2 aliphatic rings. The van der Waals surface area contributed by atoms with Gasteiger partial charge in [0, 0.05) is 0 Å². The Labute approximate surface area is 161 Å². The molecule has 1 nitrogen and oxygen atoms in total. The summed E-state index contributed by atoms with van der Waals surface area (Å²) in [6.45, 7) is 7.06. The molecule has 0 aliphatic heterocycles. The predicted molar refractivity (Wildman–Crippen MR) is 114 cm³/mol. The number of unbranched alkanes of at least 4 members (excludes halogenated alkanes) is 3. The molecule has 0 heterocycles. The SMILES string of the molecule is CCC[CH2][Sn](/[CH]=C/[C@H]1[C@@H]2CCCC[C@H]2C[C@@H]1O)([CH2]CCC)[CH2]CCC. The third-order valence-corrected chi connectivity index (χ3v) is 21.3. The number of hydrogen-bond acceptors (Lipinski definition) is 1. The zero-order valence-electron chi connectivity index (χ0n) is 17.3. The molecule has 0 saturated heterocycles. The van der Waals surface area contributed by atoms with E-state index in [0.717, 1.165) is 18.3 Å². The molecular formula is C23H44OSn. The summed E-state index contributed by atoms with van der Waals surface area (Å²) in [6, 6.07) is 0. The van der Waals surface area contributed by atoms with Crippen molar-refractivity contribution in [3.63, 3.8) is 0 Å². The van der Waals surface area contributed by atoms with Gasteiger partial charge in [0.2, 0.25) is 0 Å². The van der Waals surface area contributed by atoms with Crippen molar-refractivity contribution in [1.82, 2.24) is 0 Å². The fraction of sp³-hybridized carbons (Fsp3) is 0.913. The van der Waals surface area contributed by atoms with Crippen LogP contribution >= 0.6 is 0 Å². The van der Waals surface area contributed by atoms with E-state index in [1.807, 2.05) is 0 Å². The van der Waals surface area contributed by atoms with Gasteiger partial charge < -0.3 is 0 Å². The van der Waals surface area contributed by atoms with Gasteiger partial charge in [0.1, 0.15) is 0 Å². The van der Waals surface area contributed by atoms with Crippen molar-refractivity contribution in [2.75, 3.05) is 0 Å². The minimum atomic E-state index is -2.17. The van der Waals surface area contributed by atoms with E-state index >= 15 is 0 Å². The second-order valence-electron chi connectivity index (χ2n) is 9.12. The van der Waals surface area contributed by atoms with Gasteiger partial charge in [0.15, 0.2) is 0 Å². The molecule has 2 fully saturated rings. The van der Waals surface area contributed by atoms with Crippen molar-refractivity contribution in [3.05, 3.63) is 10.2 Å². The van der Waals surface area contributed by atoms with Gasteiger partial charge in [-0.3, -0.25) is 0 Å². The Morgan fingerprint density at radius 1 is 0.880 bits per heavy atom. The van der Waals surface area contributed by atoms with Crippen molar-refractivity contribution in [2.45, 2.75) is 111 Å². The van der Waals surface area contributed by atoms with E-state index < -0.39 is 18.4 Å². The molecule has 0 bridgehead atoms. The summed E-state index contributed by atoms with van der Waals surface area (Å²) >= 11 is -2.17. The topological polar surface area (TPSA) is 20.2 Å². The van der Waals surface area contributed by atoms with Gasteiger partial charge in [-0.15, -0.1) is 0 Å². The second kappa shape index (κ2) is 11.4. The quantitative estimate of drug-likeness (QED) is 0.329. The zero-order chi connectivity index (χ0) is 18.1. The van der Waals surface area contributed by atoms with Gasteiger partial charge in [-0.2, -0.15) is 0 Å². The number of rotatable bonds is 11. The maximum absolute atomic E-state index is 10.7. The summed E-state index contributed by atoms with van der Waals surface area (Å²) in [5.74, 6) is 2.11. The summed E-state index contributed by atoms with van der Waals surface area (Å²) in [5, 5.41) is 10.7. The van der Waals surface area contributed by atoms with E-state index in [9.17, 15) is 5.11 Å². The average Bonchev–Trinajstić information content (AvgIpc) is 2.96. The molecule has 2 aliphatic carbocycles. The van der Waals surface area contributed by atoms with E-state index in [-0.39, 0.29) is 6.10 Å². The summed E-state index contributed by atoms with van der Waals surface area (Å²) in [6.07, 6.45) is 17.5. The predicted octanol–water partition coefficient (Wildman–Crippen LogP) is 7.12. The number of fused-ring (bicyclic) bond motifs is 1. The monoisotopic (exact) mass is 456 g/mol. The molecule has 0 aromatic rings. The molecule has 0 amide bonds. The van der Waals surface area contributed by atoms with Crippen LogP contribution in [0, 0.1) is 17.8 Å². The molecule has 4 atom stereocenters. The van der Waals surface area contributed by atoms with Gasteiger partial charge in [-0.05, 0) is 0 Å². The molecular weight excluding hydrogens is 411 g/mol. The third kappa shape index (κ3) is 6.26. The molecule has 0 spiro atoms. The van der Waals surface area contributed by atoms with Crippen LogP contribution in [0.25, 0.3) is 0 Å². The normalized spacial score (nSPS) is 30.1. The first-order valence-electron chi connectivity index (χ1n) is 11.5. The fourth-order valence-electron chi connectivity index (χ4n) is 5.59. The van der Waals surface area contributed by atoms with Gasteiger partial charge >= 0.3 is 162 Å². The van der Waals surface area contributed by atoms with Crippen LogP contribution in [-0.2, 0) is 0 Å². The van der Waals surface area contributed by atoms with Crippen LogP contribution in [-0.4, -0.2) is 29.6 Å². The first-order chi connectivity index (χ1) is 12.2. The summed E-state index contributed by atoms with van der Waals surface area (Å²) in [7, 11) is 0. The Bertz CT molecular complexity index is 370. The van der Waals surface area contributed by atoms with Gasteiger partial charge in [-0.1, -0.05) is 0 Å². The van der Waals surface area contributed by atoms with Gasteiger partial charge in [0.05, 0.1) is 0 Å². The number of aliphatic hydroxyl groups is 1. The van der Waals surface area contributed by atoms with Gasteiger partial charge in [0.25, 0.3) is 0 Å². The van der Waals surface area contributed by atoms with Crippen LogP contribution in [0.5, 0.6) is 0 Å². The van der Waals surface area contributed by atoms with Crippen LogP contribution < -0.4 is 0 Å². The molecule has 0 aromatic heterocycles. The Kier molecular flexibility index (Phi) is 9.91. The number of aliphatic hydroxyl groups excluding tert-OH is 1. The van der Waals surface area contributed by atoms with Crippen molar-refractivity contribution in [2.24, 2.45) is 17.8 Å². The molecule has 2 rings (SSSR count). The average molecular weight is 455 g/mol. The van der Waals surface area contributed by atoms with Crippen molar-refractivity contribution in [1.29, 1.82) is 0 Å². The Hall–Kier alpha value is 0.499. The third-order valence-electron chi connectivity index (χ3n) is 7.21. The molecule has 2 heteroatoms. The second-order valence-corrected chi connectivity index (χ2v) is 22.1. The maximum atomic E-state index is 10.7. The Balaban J connectivity index is 2.12. The van der Waals surface area contributed by atoms with Crippen LogP contribution in [0.2, 0.25) is 13.3 Å². The van der Waals surface area contributed by atoms with E-state index in [1.54, 1.807) is 13.3 Å². The van der Waals surface area contributed by atoms with Crippen LogP contribution in [0.1, 0.15) is 91.4 Å². The van der Waals surface area contributed by atoms with E-state index in [1.165, 1.54) is 64.2 Å². The molecule has 146 valence electrons. The van der Waals surface area contributed by atoms with Gasteiger partial charge in [-0.25, -0.2) is 0 Å².